The Hall–Kier alpha value is -3.56. The summed E-state index contributed by atoms with van der Waals surface area (Å²) < 4.78 is 11.9. The van der Waals surface area contributed by atoms with Crippen LogP contribution in [0.4, 0.5) is 0 Å². The zero-order valence-corrected chi connectivity index (χ0v) is 16.5. The molecule has 154 valence electrons. The summed E-state index contributed by atoms with van der Waals surface area (Å²) in [6.07, 6.45) is 1.42. The summed E-state index contributed by atoms with van der Waals surface area (Å²) in [6.45, 7) is 0. The lowest BCUT2D eigenvalue weighted by molar-refractivity contribution is 0.100. The minimum atomic E-state index is -0.638. The van der Waals surface area contributed by atoms with Gasteiger partial charge in [0.15, 0.2) is 17.5 Å². The highest BCUT2D eigenvalue weighted by Gasteiger charge is 2.16. The number of benzene rings is 2. The van der Waals surface area contributed by atoms with Gasteiger partial charge >= 0.3 is 0 Å². The lowest BCUT2D eigenvalue weighted by Gasteiger charge is -2.13. The number of amides is 1. The second kappa shape index (κ2) is 9.58. The van der Waals surface area contributed by atoms with Crippen molar-refractivity contribution in [2.75, 3.05) is 14.2 Å². The fraction of sp³-hybridized carbons (Fsp3) is 0.105. The number of carbonyl (C=O) groups is 1. The Kier molecular flexibility index (Phi) is 7.76. The maximum atomic E-state index is 13.0. The second-order valence-corrected chi connectivity index (χ2v) is 5.64. The normalized spacial score (nSPS) is 9.72. The first kappa shape index (κ1) is 23.5. The summed E-state index contributed by atoms with van der Waals surface area (Å²) in [5.74, 6) is -0.0209. The first-order valence-corrected chi connectivity index (χ1v) is 7.97. The van der Waals surface area contributed by atoms with Gasteiger partial charge in [0.25, 0.3) is 11.5 Å². The van der Waals surface area contributed by atoms with Crippen molar-refractivity contribution in [3.63, 3.8) is 0 Å². The van der Waals surface area contributed by atoms with E-state index in [1.165, 1.54) is 25.0 Å². The number of nitrogens with zero attached hydrogens (tertiary/aromatic N) is 2. The number of methoxy groups -OCH3 is 2. The number of ether oxygens (including phenoxy) is 2. The third kappa shape index (κ3) is 4.48. The van der Waals surface area contributed by atoms with E-state index >= 15 is 0 Å². The van der Waals surface area contributed by atoms with Gasteiger partial charge in [0.2, 0.25) is 0 Å². The van der Waals surface area contributed by atoms with E-state index in [-0.39, 0.29) is 35.0 Å². The molecule has 1 heterocycles. The Morgan fingerprint density at radius 1 is 1.00 bits per heavy atom. The molecule has 0 unspecified atom stereocenters. The molecule has 6 N–H and O–H groups in total. The summed E-state index contributed by atoms with van der Waals surface area (Å²) in [5.41, 5.74) is 11.1. The van der Waals surface area contributed by atoms with E-state index in [0.717, 1.165) is 0 Å². The van der Waals surface area contributed by atoms with E-state index in [4.69, 9.17) is 20.9 Å². The highest BCUT2D eigenvalue weighted by atomic mass is 35.5. The monoisotopic (exact) mass is 420 g/mol. The van der Waals surface area contributed by atoms with Crippen molar-refractivity contribution < 1.29 is 19.7 Å². The summed E-state index contributed by atoms with van der Waals surface area (Å²) in [7, 11) is 3.02. The number of aromatic nitrogens is 1. The molecule has 0 spiro atoms. The van der Waals surface area contributed by atoms with Gasteiger partial charge in [-0.1, -0.05) is 18.2 Å². The van der Waals surface area contributed by atoms with Crippen LogP contribution in [0, 0.1) is 0 Å². The van der Waals surface area contributed by atoms with Crippen LogP contribution in [0.2, 0.25) is 0 Å². The molecule has 1 amide bonds. The van der Waals surface area contributed by atoms with E-state index in [1.54, 1.807) is 42.5 Å². The maximum absolute atomic E-state index is 13.0. The molecule has 0 aliphatic heterocycles. The molecule has 0 aliphatic carbocycles. The van der Waals surface area contributed by atoms with Gasteiger partial charge in [-0.25, -0.2) is 0 Å². The minimum Gasteiger partial charge on any atom is -0.493 e. The average molecular weight is 421 g/mol. The molecule has 0 saturated carbocycles. The molecule has 0 aliphatic rings. The molecule has 3 aromatic rings. The third-order valence-electron chi connectivity index (χ3n) is 4.03. The van der Waals surface area contributed by atoms with Crippen molar-refractivity contribution >= 4 is 35.0 Å². The maximum Gasteiger partial charge on any atom is 0.282 e. The Bertz CT molecular complexity index is 1120. The zero-order valence-electron chi connectivity index (χ0n) is 15.7. The minimum absolute atomic E-state index is 0. The van der Waals surface area contributed by atoms with Crippen molar-refractivity contribution in [1.29, 1.82) is 0 Å². The number of guanidine groups is 1. The highest BCUT2D eigenvalue weighted by molar-refractivity contribution is 6.10. The van der Waals surface area contributed by atoms with Gasteiger partial charge in [-0.05, 0) is 18.2 Å². The van der Waals surface area contributed by atoms with E-state index in [0.29, 0.717) is 28.0 Å². The number of nitrogens with two attached hydrogens (primary N) is 2. The molecule has 9 nitrogen and oxygen atoms in total. The number of hydrogen-bond donors (Lipinski definition) is 2. The van der Waals surface area contributed by atoms with Crippen LogP contribution in [0.25, 0.3) is 16.5 Å². The average Bonchev–Trinajstić information content (AvgIpc) is 2.67. The quantitative estimate of drug-likeness (QED) is 0.474. The molecule has 3 rings (SSSR count). The zero-order chi connectivity index (χ0) is 19.6. The fourth-order valence-electron chi connectivity index (χ4n) is 2.81. The molecular formula is C19H21ClN4O5. The lowest BCUT2D eigenvalue weighted by Crippen LogP contribution is -2.25. The summed E-state index contributed by atoms with van der Waals surface area (Å²) in [5, 5.41) is 0.832. The topological polar surface area (TPSA) is 153 Å². The van der Waals surface area contributed by atoms with Gasteiger partial charge in [0.1, 0.15) is 0 Å². The number of rotatable bonds is 4. The van der Waals surface area contributed by atoms with Crippen molar-refractivity contribution in [2.24, 2.45) is 16.5 Å². The Morgan fingerprint density at radius 3 is 2.21 bits per heavy atom. The molecule has 10 heteroatoms. The summed E-state index contributed by atoms with van der Waals surface area (Å²) in [4.78, 5) is 29.1. The third-order valence-corrected chi connectivity index (χ3v) is 4.03. The Morgan fingerprint density at radius 2 is 1.62 bits per heavy atom. The largest absolute Gasteiger partial charge is 0.493 e. The Balaban J connectivity index is 0.00000210. The molecule has 0 atom stereocenters. The van der Waals surface area contributed by atoms with Crippen molar-refractivity contribution in [3.8, 4) is 17.2 Å². The van der Waals surface area contributed by atoms with Crippen LogP contribution in [-0.4, -0.2) is 36.1 Å². The predicted octanol–water partition coefficient (Wildman–Crippen LogP) is 1.02. The highest BCUT2D eigenvalue weighted by Crippen LogP contribution is 2.29. The SMILES string of the molecule is COc1ccc(-n2cc(C(=O)N=C(N)N)c3ccccc3c2=O)cc1OC.Cl.O. The lowest BCUT2D eigenvalue weighted by atomic mass is 10.1. The van der Waals surface area contributed by atoms with Crippen molar-refractivity contribution in [2.45, 2.75) is 0 Å². The molecule has 2 aromatic carbocycles. The number of aliphatic imine (C=N–C) groups is 1. The number of pyridine rings is 1. The summed E-state index contributed by atoms with van der Waals surface area (Å²) >= 11 is 0. The standard InChI is InChI=1S/C19H18N4O4.ClH.H2O/c1-26-15-8-7-11(9-16(15)27-2)23-10-14(17(24)22-19(20)21)12-5-3-4-6-13(12)18(23)25;;/h3-10H,1-2H3,(H4,20,21,22,24);1H;1H2. The van der Waals surface area contributed by atoms with E-state index < -0.39 is 5.91 Å². The smallest absolute Gasteiger partial charge is 0.282 e. The number of fused-ring (bicyclic) bond motifs is 1. The first-order valence-electron chi connectivity index (χ1n) is 7.97. The van der Waals surface area contributed by atoms with Crippen LogP contribution in [0.15, 0.2) is 58.4 Å². The second-order valence-electron chi connectivity index (χ2n) is 5.64. The van der Waals surface area contributed by atoms with Crippen LogP contribution >= 0.6 is 12.4 Å². The van der Waals surface area contributed by atoms with Crippen LogP contribution in [0.1, 0.15) is 10.4 Å². The molecule has 0 saturated heterocycles. The van der Waals surface area contributed by atoms with Gasteiger partial charge in [-0.15, -0.1) is 12.4 Å². The van der Waals surface area contributed by atoms with E-state index in [2.05, 4.69) is 4.99 Å². The Labute approximate surface area is 172 Å². The van der Waals surface area contributed by atoms with Crippen LogP contribution < -0.4 is 26.5 Å². The van der Waals surface area contributed by atoms with Crippen LogP contribution in [0.3, 0.4) is 0 Å². The number of halogens is 1. The molecule has 0 radical (unpaired) electrons. The van der Waals surface area contributed by atoms with Gasteiger partial charge in [-0.3, -0.25) is 14.2 Å². The molecule has 0 fully saturated rings. The number of hydrogen-bond acceptors (Lipinski definition) is 4. The molecule has 1 aromatic heterocycles. The van der Waals surface area contributed by atoms with Crippen LogP contribution in [-0.2, 0) is 0 Å². The predicted molar refractivity (Wildman–Crippen MR) is 114 cm³/mol. The van der Waals surface area contributed by atoms with Gasteiger partial charge in [0.05, 0.1) is 25.5 Å². The van der Waals surface area contributed by atoms with Crippen LogP contribution in [0.5, 0.6) is 11.5 Å². The van der Waals surface area contributed by atoms with E-state index in [9.17, 15) is 9.59 Å². The van der Waals surface area contributed by atoms with Crippen molar-refractivity contribution in [1.82, 2.24) is 4.57 Å². The molecule has 29 heavy (non-hydrogen) atoms. The number of carbonyl (C=O) groups excluding carboxylic acids is 1. The van der Waals surface area contributed by atoms with E-state index in [1.807, 2.05) is 0 Å². The molecular weight excluding hydrogens is 400 g/mol. The van der Waals surface area contributed by atoms with Crippen molar-refractivity contribution in [3.05, 3.63) is 64.6 Å². The van der Waals surface area contributed by atoms with Gasteiger partial charge in [-0.2, -0.15) is 4.99 Å². The van der Waals surface area contributed by atoms with Gasteiger partial charge in [0, 0.05) is 23.0 Å². The summed E-state index contributed by atoms with van der Waals surface area (Å²) in [6, 6.07) is 11.8. The fourth-order valence-corrected chi connectivity index (χ4v) is 2.81. The molecule has 0 bridgehead atoms. The first-order chi connectivity index (χ1) is 13.0. The van der Waals surface area contributed by atoms with Gasteiger partial charge < -0.3 is 26.4 Å².